The Bertz CT molecular complexity index is 728. The summed E-state index contributed by atoms with van der Waals surface area (Å²) in [5.41, 5.74) is 5.87. The summed E-state index contributed by atoms with van der Waals surface area (Å²) in [6.07, 6.45) is 0. The van der Waals surface area contributed by atoms with Gasteiger partial charge in [0.25, 0.3) is 0 Å². The Morgan fingerprint density at radius 2 is 1.95 bits per heavy atom. The van der Waals surface area contributed by atoms with Crippen molar-refractivity contribution >= 4 is 9.84 Å². The van der Waals surface area contributed by atoms with Gasteiger partial charge in [-0.15, -0.1) is 5.10 Å². The van der Waals surface area contributed by atoms with Gasteiger partial charge < -0.3 is 10.2 Å². The predicted molar refractivity (Wildman–Crippen MR) is 73.4 cm³/mol. The van der Waals surface area contributed by atoms with E-state index in [1.165, 1.54) is 18.2 Å². The monoisotopic (exact) mass is 313 g/mol. The lowest BCUT2D eigenvalue weighted by Gasteiger charge is -2.09. The number of benzene rings is 1. The van der Waals surface area contributed by atoms with Gasteiger partial charge in [-0.25, -0.2) is 12.8 Å². The summed E-state index contributed by atoms with van der Waals surface area (Å²) in [7, 11) is -3.91. The van der Waals surface area contributed by atoms with E-state index in [4.69, 9.17) is 10.2 Å². The van der Waals surface area contributed by atoms with Gasteiger partial charge in [0.2, 0.25) is 15.7 Å². The second-order valence-corrected chi connectivity index (χ2v) is 6.89. The van der Waals surface area contributed by atoms with Crippen LogP contribution in [0.2, 0.25) is 0 Å². The highest BCUT2D eigenvalue weighted by Gasteiger charge is 2.26. The molecule has 1 heterocycles. The van der Waals surface area contributed by atoms with Gasteiger partial charge in [-0.3, -0.25) is 0 Å². The van der Waals surface area contributed by atoms with Crippen LogP contribution in [0.25, 0.3) is 0 Å². The Balaban J connectivity index is 2.27. The van der Waals surface area contributed by atoms with Crippen LogP contribution in [0.4, 0.5) is 4.39 Å². The maximum Gasteiger partial charge on any atom is 0.335 e. The molecule has 0 fully saturated rings. The average Bonchev–Trinajstić information content (AvgIpc) is 2.90. The molecule has 2 rings (SSSR count). The van der Waals surface area contributed by atoms with E-state index in [1.807, 2.05) is 13.8 Å². The molecule has 1 aromatic carbocycles. The molecule has 0 spiro atoms. The van der Waals surface area contributed by atoms with Crippen molar-refractivity contribution in [3.05, 3.63) is 41.5 Å². The minimum Gasteiger partial charge on any atom is -0.411 e. The largest absolute Gasteiger partial charge is 0.411 e. The highest BCUT2D eigenvalue weighted by atomic mass is 32.2. The van der Waals surface area contributed by atoms with E-state index >= 15 is 0 Å². The number of hydrogen-bond donors (Lipinski definition) is 1. The molecule has 2 N–H and O–H groups in total. The molecule has 1 atom stereocenters. The zero-order valence-corrected chi connectivity index (χ0v) is 12.5. The first kappa shape index (κ1) is 15.6. The molecule has 0 radical (unpaired) electrons. The minimum atomic E-state index is -3.91. The van der Waals surface area contributed by atoms with Crippen molar-refractivity contribution in [3.8, 4) is 0 Å². The van der Waals surface area contributed by atoms with Crippen molar-refractivity contribution in [2.45, 2.75) is 30.9 Å². The highest BCUT2D eigenvalue weighted by Crippen LogP contribution is 2.22. The Labute approximate surface area is 122 Å². The van der Waals surface area contributed by atoms with Crippen molar-refractivity contribution in [2.75, 3.05) is 0 Å². The molecule has 0 bridgehead atoms. The van der Waals surface area contributed by atoms with Crippen LogP contribution >= 0.6 is 0 Å². The van der Waals surface area contributed by atoms with E-state index in [1.54, 1.807) is 6.07 Å². The topological polar surface area (TPSA) is 99.1 Å². The maximum atomic E-state index is 13.5. The predicted octanol–water partition coefficient (Wildman–Crippen LogP) is 1.84. The quantitative estimate of drug-likeness (QED) is 0.904. The second-order valence-electron chi connectivity index (χ2n) is 5.03. The van der Waals surface area contributed by atoms with E-state index in [0.717, 1.165) is 0 Å². The first-order valence-electron chi connectivity index (χ1n) is 6.36. The Morgan fingerprint density at radius 1 is 1.29 bits per heavy atom. The number of aromatic nitrogens is 2. The fraction of sp³-hybridized carbons (Fsp3) is 0.385. The molecule has 0 amide bonds. The number of rotatable bonds is 5. The number of nitrogens with zero attached hydrogens (tertiary/aromatic N) is 2. The summed E-state index contributed by atoms with van der Waals surface area (Å²) in [6, 6.07) is 5.08. The van der Waals surface area contributed by atoms with Crippen molar-refractivity contribution in [1.82, 2.24) is 10.2 Å². The SMILES string of the molecule is CC(C)[C@@H](N)c1nnc(S(=O)(=O)Cc2ccccc2F)o1. The smallest absolute Gasteiger partial charge is 0.335 e. The van der Waals surface area contributed by atoms with Gasteiger partial charge in [-0.1, -0.05) is 37.1 Å². The molecule has 0 aliphatic carbocycles. The Morgan fingerprint density at radius 3 is 2.57 bits per heavy atom. The minimum absolute atomic E-state index is 0.0209. The third-order valence-electron chi connectivity index (χ3n) is 2.99. The van der Waals surface area contributed by atoms with E-state index < -0.39 is 32.7 Å². The summed E-state index contributed by atoms with van der Waals surface area (Å²) in [5.74, 6) is -1.07. The van der Waals surface area contributed by atoms with Gasteiger partial charge in [0, 0.05) is 5.56 Å². The van der Waals surface area contributed by atoms with E-state index in [9.17, 15) is 12.8 Å². The second kappa shape index (κ2) is 5.90. The van der Waals surface area contributed by atoms with E-state index in [0.29, 0.717) is 0 Å². The van der Waals surface area contributed by atoms with Crippen LogP contribution in [0, 0.1) is 11.7 Å². The van der Waals surface area contributed by atoms with Gasteiger partial charge in [0.1, 0.15) is 5.82 Å². The number of nitrogens with two attached hydrogens (primary N) is 1. The molecule has 2 aromatic rings. The van der Waals surface area contributed by atoms with Gasteiger partial charge >= 0.3 is 5.22 Å². The van der Waals surface area contributed by atoms with Crippen LogP contribution < -0.4 is 5.73 Å². The van der Waals surface area contributed by atoms with Crippen molar-refractivity contribution in [3.63, 3.8) is 0 Å². The fourth-order valence-corrected chi connectivity index (χ4v) is 2.79. The third-order valence-corrected chi connectivity index (χ3v) is 4.38. The zero-order chi connectivity index (χ0) is 15.6. The number of halogens is 1. The van der Waals surface area contributed by atoms with Gasteiger partial charge in [-0.05, 0) is 12.0 Å². The Hall–Kier alpha value is -1.80. The standard InChI is InChI=1S/C13H16FN3O3S/c1-8(2)11(15)12-16-17-13(20-12)21(18,19)7-9-5-3-4-6-10(9)14/h3-6,8,11H,7,15H2,1-2H3/t11-/m1/s1. The van der Waals surface area contributed by atoms with Crippen LogP contribution in [0.1, 0.15) is 31.3 Å². The summed E-state index contributed by atoms with van der Waals surface area (Å²) in [5, 5.41) is 6.62. The number of sulfone groups is 1. The van der Waals surface area contributed by atoms with Crippen molar-refractivity contribution < 1.29 is 17.2 Å². The van der Waals surface area contributed by atoms with Gasteiger partial charge in [-0.2, -0.15) is 0 Å². The molecule has 1 aromatic heterocycles. The first-order chi connectivity index (χ1) is 9.81. The third kappa shape index (κ3) is 3.45. The summed E-state index contributed by atoms with van der Waals surface area (Å²) >= 11 is 0. The van der Waals surface area contributed by atoms with E-state index in [-0.39, 0.29) is 17.4 Å². The van der Waals surface area contributed by atoms with Crippen LogP contribution in [0.15, 0.2) is 33.9 Å². The zero-order valence-electron chi connectivity index (χ0n) is 11.7. The average molecular weight is 313 g/mol. The summed E-state index contributed by atoms with van der Waals surface area (Å²) in [6.45, 7) is 3.70. The van der Waals surface area contributed by atoms with Crippen molar-refractivity contribution in [2.24, 2.45) is 11.7 Å². The lowest BCUT2D eigenvalue weighted by atomic mass is 10.1. The molecule has 6 nitrogen and oxygen atoms in total. The molecule has 0 aliphatic heterocycles. The van der Waals surface area contributed by atoms with Crippen LogP contribution in [-0.4, -0.2) is 18.6 Å². The highest BCUT2D eigenvalue weighted by molar-refractivity contribution is 7.90. The van der Waals surface area contributed by atoms with Gasteiger partial charge in [0.15, 0.2) is 0 Å². The Kier molecular flexibility index (Phi) is 4.38. The molecular weight excluding hydrogens is 297 g/mol. The van der Waals surface area contributed by atoms with Crippen LogP contribution in [-0.2, 0) is 15.6 Å². The number of hydrogen-bond acceptors (Lipinski definition) is 6. The molecule has 0 saturated heterocycles. The molecule has 114 valence electrons. The fourth-order valence-electron chi connectivity index (χ4n) is 1.65. The van der Waals surface area contributed by atoms with Gasteiger partial charge in [0.05, 0.1) is 11.8 Å². The van der Waals surface area contributed by atoms with Crippen molar-refractivity contribution in [1.29, 1.82) is 0 Å². The molecule has 0 unspecified atom stereocenters. The summed E-state index contributed by atoms with van der Waals surface area (Å²) in [4.78, 5) is 0. The first-order valence-corrected chi connectivity index (χ1v) is 8.01. The van der Waals surface area contributed by atoms with E-state index in [2.05, 4.69) is 10.2 Å². The lowest BCUT2D eigenvalue weighted by Crippen LogP contribution is -2.17. The lowest BCUT2D eigenvalue weighted by molar-refractivity contribution is 0.341. The summed E-state index contributed by atoms with van der Waals surface area (Å²) < 4.78 is 43.0. The van der Waals surface area contributed by atoms with Crippen LogP contribution in [0.5, 0.6) is 0 Å². The van der Waals surface area contributed by atoms with Crippen LogP contribution in [0.3, 0.4) is 0 Å². The normalized spacial score (nSPS) is 13.6. The molecule has 21 heavy (non-hydrogen) atoms. The molecule has 0 saturated carbocycles. The molecule has 8 heteroatoms. The molecule has 0 aliphatic rings. The molecular formula is C13H16FN3O3S. The maximum absolute atomic E-state index is 13.5.